The average Bonchev–Trinajstić information content (AvgIpc) is 2.78. The molecule has 1 heterocycles. The van der Waals surface area contributed by atoms with Crippen molar-refractivity contribution >= 4 is 45.6 Å². The van der Waals surface area contributed by atoms with Crippen LogP contribution in [-0.4, -0.2) is 20.4 Å². The van der Waals surface area contributed by atoms with Gasteiger partial charge in [-0.1, -0.05) is 41.7 Å². The highest BCUT2D eigenvalue weighted by Crippen LogP contribution is 2.64. The molecule has 0 spiro atoms. The topological polar surface area (TPSA) is 54.9 Å². The zero-order valence-corrected chi connectivity index (χ0v) is 12.9. The first-order chi connectivity index (χ1) is 9.42. The van der Waals surface area contributed by atoms with Crippen LogP contribution in [0.1, 0.15) is 13.3 Å². The monoisotopic (exact) mass is 327 g/mol. The summed E-state index contributed by atoms with van der Waals surface area (Å²) in [6.07, 6.45) is 0.444. The number of amides is 1. The summed E-state index contributed by atoms with van der Waals surface area (Å²) in [4.78, 5) is 12.1. The third kappa shape index (κ3) is 2.30. The molecule has 3 rings (SSSR count). The van der Waals surface area contributed by atoms with Crippen LogP contribution in [0.15, 0.2) is 30.3 Å². The molecule has 2 aromatic rings. The normalized spacial score (nSPS) is 23.4. The molecule has 0 aliphatic heterocycles. The number of alkyl halides is 2. The molecule has 1 aromatic heterocycles. The Hall–Kier alpha value is -1.17. The van der Waals surface area contributed by atoms with Gasteiger partial charge in [0.15, 0.2) is 0 Å². The Balaban J connectivity index is 1.74. The van der Waals surface area contributed by atoms with Crippen molar-refractivity contribution in [2.75, 3.05) is 5.32 Å². The molecule has 0 bridgehead atoms. The van der Waals surface area contributed by atoms with Crippen molar-refractivity contribution in [1.29, 1.82) is 0 Å². The SMILES string of the molecule is CC1(C(=O)Nc2nnc(-c3ccccc3)s2)CC1(Cl)Cl. The van der Waals surface area contributed by atoms with Gasteiger partial charge in [-0.05, 0) is 13.3 Å². The van der Waals surface area contributed by atoms with Crippen molar-refractivity contribution in [3.8, 4) is 10.6 Å². The van der Waals surface area contributed by atoms with Crippen LogP contribution in [0, 0.1) is 5.41 Å². The molecule has 1 N–H and O–H groups in total. The molecule has 0 saturated heterocycles. The van der Waals surface area contributed by atoms with Gasteiger partial charge in [-0.3, -0.25) is 10.1 Å². The van der Waals surface area contributed by atoms with Gasteiger partial charge in [-0.25, -0.2) is 0 Å². The second kappa shape index (κ2) is 4.69. The Kier molecular flexibility index (Phi) is 3.23. The van der Waals surface area contributed by atoms with Crippen molar-refractivity contribution in [2.45, 2.75) is 17.7 Å². The zero-order valence-electron chi connectivity index (χ0n) is 10.6. The summed E-state index contributed by atoms with van der Waals surface area (Å²) in [5.41, 5.74) is 0.210. The average molecular weight is 328 g/mol. The van der Waals surface area contributed by atoms with Crippen LogP contribution in [0.4, 0.5) is 5.13 Å². The number of aromatic nitrogens is 2. The third-order valence-corrected chi connectivity index (χ3v) is 5.41. The number of benzene rings is 1. The molecule has 1 aliphatic carbocycles. The van der Waals surface area contributed by atoms with Crippen LogP contribution < -0.4 is 5.32 Å². The molecule has 1 aromatic carbocycles. The highest BCUT2D eigenvalue weighted by molar-refractivity contribution is 7.18. The first-order valence-corrected chi connectivity index (χ1v) is 7.58. The molecule has 1 amide bonds. The fourth-order valence-corrected chi connectivity index (χ4v) is 3.30. The first-order valence-electron chi connectivity index (χ1n) is 6.01. The van der Waals surface area contributed by atoms with E-state index in [0.29, 0.717) is 11.6 Å². The van der Waals surface area contributed by atoms with E-state index in [1.165, 1.54) is 11.3 Å². The Morgan fingerprint density at radius 3 is 2.55 bits per heavy atom. The van der Waals surface area contributed by atoms with Gasteiger partial charge in [-0.15, -0.1) is 33.4 Å². The maximum absolute atomic E-state index is 12.1. The van der Waals surface area contributed by atoms with E-state index >= 15 is 0 Å². The van der Waals surface area contributed by atoms with Gasteiger partial charge in [0, 0.05) is 5.56 Å². The zero-order chi connectivity index (χ0) is 14.4. The summed E-state index contributed by atoms with van der Waals surface area (Å²) >= 11 is 13.3. The minimum Gasteiger partial charge on any atom is -0.300 e. The fraction of sp³-hybridized carbons (Fsp3) is 0.308. The minimum absolute atomic E-state index is 0.224. The maximum Gasteiger partial charge on any atom is 0.235 e. The number of halogens is 2. The van der Waals surface area contributed by atoms with Gasteiger partial charge in [0.05, 0.1) is 5.41 Å². The van der Waals surface area contributed by atoms with Gasteiger partial charge in [0.25, 0.3) is 0 Å². The minimum atomic E-state index is -0.982. The van der Waals surface area contributed by atoms with E-state index < -0.39 is 9.75 Å². The Morgan fingerprint density at radius 1 is 1.30 bits per heavy atom. The molecule has 104 valence electrons. The van der Waals surface area contributed by atoms with Crippen LogP contribution >= 0.6 is 34.5 Å². The van der Waals surface area contributed by atoms with Crippen LogP contribution in [0.5, 0.6) is 0 Å². The predicted octanol–water partition coefficient (Wildman–Crippen LogP) is 3.73. The molecular formula is C13H11Cl2N3OS. The number of nitrogens with one attached hydrogen (secondary N) is 1. The second-order valence-electron chi connectivity index (χ2n) is 4.95. The summed E-state index contributed by atoms with van der Waals surface area (Å²) in [7, 11) is 0. The largest absolute Gasteiger partial charge is 0.300 e. The summed E-state index contributed by atoms with van der Waals surface area (Å²) in [6.45, 7) is 1.74. The fourth-order valence-electron chi connectivity index (χ4n) is 1.85. The summed E-state index contributed by atoms with van der Waals surface area (Å²) < 4.78 is -0.982. The van der Waals surface area contributed by atoms with Crippen molar-refractivity contribution in [2.24, 2.45) is 5.41 Å². The lowest BCUT2D eigenvalue weighted by atomic mass is 10.1. The van der Waals surface area contributed by atoms with E-state index in [1.54, 1.807) is 6.92 Å². The Labute approximate surface area is 130 Å². The molecule has 1 aliphatic rings. The number of carbonyl (C=O) groups excluding carboxylic acids is 1. The Morgan fingerprint density at radius 2 is 1.95 bits per heavy atom. The highest BCUT2D eigenvalue weighted by atomic mass is 35.5. The van der Waals surface area contributed by atoms with Gasteiger partial charge in [0.1, 0.15) is 9.34 Å². The number of rotatable bonds is 3. The molecule has 1 unspecified atom stereocenters. The van der Waals surface area contributed by atoms with Crippen LogP contribution in [0.3, 0.4) is 0 Å². The van der Waals surface area contributed by atoms with E-state index in [1.807, 2.05) is 30.3 Å². The van der Waals surface area contributed by atoms with Crippen molar-refractivity contribution < 1.29 is 4.79 Å². The summed E-state index contributed by atoms with van der Waals surface area (Å²) in [5, 5.41) is 12.0. The standard InChI is InChI=1S/C13H11Cl2N3OS/c1-12(7-13(12,14)15)10(19)16-11-18-17-9(20-11)8-5-3-2-4-6-8/h2-6H,7H2,1H3,(H,16,18,19). The molecule has 0 radical (unpaired) electrons. The molecule has 1 atom stereocenters. The third-order valence-electron chi connectivity index (χ3n) is 3.43. The van der Waals surface area contributed by atoms with Crippen LogP contribution in [0.25, 0.3) is 10.6 Å². The van der Waals surface area contributed by atoms with Crippen molar-refractivity contribution in [3.05, 3.63) is 30.3 Å². The van der Waals surface area contributed by atoms with E-state index in [9.17, 15) is 4.79 Å². The van der Waals surface area contributed by atoms with E-state index in [2.05, 4.69) is 15.5 Å². The number of nitrogens with zero attached hydrogens (tertiary/aromatic N) is 2. The van der Waals surface area contributed by atoms with Crippen molar-refractivity contribution in [1.82, 2.24) is 10.2 Å². The molecule has 1 saturated carbocycles. The lowest BCUT2D eigenvalue weighted by molar-refractivity contribution is -0.120. The molecule has 4 nitrogen and oxygen atoms in total. The predicted molar refractivity (Wildman–Crippen MR) is 81.1 cm³/mol. The quantitative estimate of drug-likeness (QED) is 0.874. The van der Waals surface area contributed by atoms with E-state index in [0.717, 1.165) is 10.6 Å². The second-order valence-corrected chi connectivity index (χ2v) is 7.41. The van der Waals surface area contributed by atoms with Gasteiger partial charge < -0.3 is 0 Å². The Bertz CT molecular complexity index is 659. The van der Waals surface area contributed by atoms with Gasteiger partial charge >= 0.3 is 0 Å². The number of hydrogen-bond acceptors (Lipinski definition) is 4. The van der Waals surface area contributed by atoms with E-state index in [4.69, 9.17) is 23.2 Å². The van der Waals surface area contributed by atoms with Crippen LogP contribution in [0.2, 0.25) is 0 Å². The molecule has 20 heavy (non-hydrogen) atoms. The summed E-state index contributed by atoms with van der Waals surface area (Å²) in [6, 6.07) is 9.67. The lowest BCUT2D eigenvalue weighted by Gasteiger charge is -2.09. The molecule has 1 fully saturated rings. The smallest absolute Gasteiger partial charge is 0.235 e. The molecular weight excluding hydrogens is 317 g/mol. The van der Waals surface area contributed by atoms with Crippen LogP contribution in [-0.2, 0) is 4.79 Å². The van der Waals surface area contributed by atoms with Gasteiger partial charge in [-0.2, -0.15) is 0 Å². The lowest BCUT2D eigenvalue weighted by Crippen LogP contribution is -2.25. The summed E-state index contributed by atoms with van der Waals surface area (Å²) in [5.74, 6) is -0.224. The number of hydrogen-bond donors (Lipinski definition) is 1. The first kappa shape index (κ1) is 13.8. The highest BCUT2D eigenvalue weighted by Gasteiger charge is 2.68. The van der Waals surface area contributed by atoms with Gasteiger partial charge in [0.2, 0.25) is 11.0 Å². The maximum atomic E-state index is 12.1. The van der Waals surface area contributed by atoms with Crippen molar-refractivity contribution in [3.63, 3.8) is 0 Å². The molecule has 7 heteroatoms. The number of carbonyl (C=O) groups is 1. The number of anilines is 1. The van der Waals surface area contributed by atoms with E-state index in [-0.39, 0.29) is 5.91 Å².